The number of aliphatic hydroxyl groups excluding tert-OH is 1. The van der Waals surface area contributed by atoms with Gasteiger partial charge in [-0.2, -0.15) is 0 Å². The molecule has 0 aromatic carbocycles. The zero-order chi connectivity index (χ0) is 20.1. The Kier molecular flexibility index (Phi) is 8.61. The van der Waals surface area contributed by atoms with Gasteiger partial charge in [0.1, 0.15) is 24.1 Å². The van der Waals surface area contributed by atoms with Gasteiger partial charge >= 0.3 is 0 Å². The van der Waals surface area contributed by atoms with Crippen LogP contribution in [0.25, 0.3) is 0 Å². The predicted molar refractivity (Wildman–Crippen MR) is 96.6 cm³/mol. The van der Waals surface area contributed by atoms with E-state index in [-0.39, 0.29) is 30.0 Å². The first kappa shape index (κ1) is 22.7. The van der Waals surface area contributed by atoms with Crippen LogP contribution in [-0.4, -0.2) is 96.3 Å². The minimum atomic E-state index is -0.975. The van der Waals surface area contributed by atoms with E-state index in [2.05, 4.69) is 0 Å². The normalized spacial score (nSPS) is 42.9. The van der Waals surface area contributed by atoms with Crippen molar-refractivity contribution in [2.24, 2.45) is 11.8 Å². The third kappa shape index (κ3) is 4.37. The van der Waals surface area contributed by atoms with Crippen LogP contribution in [0.4, 0.5) is 0 Å². The molecule has 2 rings (SSSR count). The SMILES string of the molecule is COC1CCC(C(=O)C2CC(OC)C(OC)C(OC)C2O)C(OC)C1OC. The summed E-state index contributed by atoms with van der Waals surface area (Å²) in [6, 6.07) is 0. The summed E-state index contributed by atoms with van der Waals surface area (Å²) in [5.41, 5.74) is 0. The lowest BCUT2D eigenvalue weighted by Crippen LogP contribution is -2.60. The average Bonchev–Trinajstić information content (AvgIpc) is 2.71. The number of hydrogen-bond donors (Lipinski definition) is 1. The molecule has 158 valence electrons. The molecule has 0 aromatic rings. The molecule has 2 aliphatic rings. The fourth-order valence-corrected chi connectivity index (χ4v) is 4.76. The van der Waals surface area contributed by atoms with Gasteiger partial charge in [-0.05, 0) is 19.3 Å². The van der Waals surface area contributed by atoms with E-state index in [1.165, 1.54) is 7.11 Å². The number of hydrogen-bond acceptors (Lipinski definition) is 8. The minimum absolute atomic E-state index is 0.0513. The highest BCUT2D eigenvalue weighted by Crippen LogP contribution is 2.38. The molecular weight excluding hydrogens is 356 g/mol. The second-order valence-corrected chi connectivity index (χ2v) is 7.27. The Morgan fingerprint density at radius 2 is 1.19 bits per heavy atom. The van der Waals surface area contributed by atoms with Gasteiger partial charge in [-0.3, -0.25) is 4.79 Å². The number of rotatable bonds is 8. The van der Waals surface area contributed by atoms with Crippen LogP contribution in [0.5, 0.6) is 0 Å². The smallest absolute Gasteiger partial charge is 0.144 e. The van der Waals surface area contributed by atoms with Crippen molar-refractivity contribution >= 4 is 5.78 Å². The molecule has 0 radical (unpaired) electrons. The van der Waals surface area contributed by atoms with Gasteiger partial charge in [-0.15, -0.1) is 0 Å². The number of carbonyl (C=O) groups excluding carboxylic acids is 1. The molecule has 2 saturated carbocycles. The predicted octanol–water partition coefficient (Wildman–Crippen LogP) is 0.436. The Morgan fingerprint density at radius 3 is 1.67 bits per heavy atom. The zero-order valence-corrected chi connectivity index (χ0v) is 17.1. The van der Waals surface area contributed by atoms with E-state index in [4.69, 9.17) is 28.4 Å². The van der Waals surface area contributed by atoms with Crippen LogP contribution >= 0.6 is 0 Å². The number of ether oxygens (including phenoxy) is 6. The molecule has 0 spiro atoms. The number of methoxy groups -OCH3 is 6. The van der Waals surface area contributed by atoms with Crippen molar-refractivity contribution < 1.29 is 38.3 Å². The van der Waals surface area contributed by atoms with Gasteiger partial charge in [0, 0.05) is 54.5 Å². The second kappa shape index (κ2) is 10.2. The molecule has 2 aliphatic carbocycles. The van der Waals surface area contributed by atoms with Gasteiger partial charge in [0.15, 0.2) is 0 Å². The molecule has 9 unspecified atom stereocenters. The Hall–Kier alpha value is -0.610. The molecule has 1 N–H and O–H groups in total. The Bertz CT molecular complexity index is 473. The number of aliphatic hydroxyl groups is 1. The maximum atomic E-state index is 13.4. The third-order valence-corrected chi connectivity index (χ3v) is 6.20. The van der Waals surface area contributed by atoms with E-state index in [1.54, 1.807) is 35.5 Å². The van der Waals surface area contributed by atoms with Crippen molar-refractivity contribution in [3.8, 4) is 0 Å². The van der Waals surface area contributed by atoms with E-state index >= 15 is 0 Å². The van der Waals surface area contributed by atoms with Gasteiger partial charge in [-0.25, -0.2) is 0 Å². The van der Waals surface area contributed by atoms with Crippen molar-refractivity contribution in [2.45, 2.75) is 62.0 Å². The molecule has 9 atom stereocenters. The van der Waals surface area contributed by atoms with Gasteiger partial charge in [0.25, 0.3) is 0 Å². The van der Waals surface area contributed by atoms with Gasteiger partial charge in [0.05, 0.1) is 24.4 Å². The van der Waals surface area contributed by atoms with Crippen molar-refractivity contribution in [2.75, 3.05) is 42.7 Å². The van der Waals surface area contributed by atoms with Crippen LogP contribution < -0.4 is 0 Å². The molecule has 0 aliphatic heterocycles. The highest BCUT2D eigenvalue weighted by atomic mass is 16.6. The van der Waals surface area contributed by atoms with Gasteiger partial charge in [0.2, 0.25) is 0 Å². The number of carbonyl (C=O) groups is 1. The quantitative estimate of drug-likeness (QED) is 0.638. The molecule has 0 heterocycles. The van der Waals surface area contributed by atoms with E-state index in [0.717, 1.165) is 0 Å². The number of ketones is 1. The molecule has 0 aromatic heterocycles. The highest BCUT2D eigenvalue weighted by Gasteiger charge is 2.52. The molecule has 0 amide bonds. The molecule has 27 heavy (non-hydrogen) atoms. The lowest BCUT2D eigenvalue weighted by Gasteiger charge is -2.45. The van der Waals surface area contributed by atoms with E-state index in [9.17, 15) is 9.90 Å². The lowest BCUT2D eigenvalue weighted by atomic mass is 9.70. The summed E-state index contributed by atoms with van der Waals surface area (Å²) in [6.07, 6.45) is -1.63. The third-order valence-electron chi connectivity index (χ3n) is 6.20. The summed E-state index contributed by atoms with van der Waals surface area (Å²) in [5, 5.41) is 10.8. The van der Waals surface area contributed by atoms with Gasteiger partial charge < -0.3 is 33.5 Å². The standard InChI is InChI=1S/C19H34O8/c1-22-12-8-7-10(16(24-3)17(12)25-4)14(20)11-9-13(23-2)18(26-5)19(27-6)15(11)21/h10-13,15-19,21H,7-9H2,1-6H3. The largest absolute Gasteiger partial charge is 0.390 e. The topological polar surface area (TPSA) is 92.7 Å². The van der Waals surface area contributed by atoms with E-state index in [1.807, 2.05) is 0 Å². The summed E-state index contributed by atoms with van der Waals surface area (Å²) in [7, 11) is 9.42. The van der Waals surface area contributed by atoms with Crippen LogP contribution in [0.2, 0.25) is 0 Å². The van der Waals surface area contributed by atoms with Crippen LogP contribution in [0.1, 0.15) is 19.3 Å². The first-order valence-electron chi connectivity index (χ1n) is 9.37. The van der Waals surface area contributed by atoms with Crippen LogP contribution in [0.3, 0.4) is 0 Å². The monoisotopic (exact) mass is 390 g/mol. The Balaban J connectivity index is 2.24. The van der Waals surface area contributed by atoms with Crippen molar-refractivity contribution in [3.05, 3.63) is 0 Å². The average molecular weight is 390 g/mol. The maximum absolute atomic E-state index is 13.4. The van der Waals surface area contributed by atoms with E-state index in [0.29, 0.717) is 19.3 Å². The van der Waals surface area contributed by atoms with Crippen LogP contribution in [0, 0.1) is 11.8 Å². The highest BCUT2D eigenvalue weighted by molar-refractivity contribution is 5.85. The lowest BCUT2D eigenvalue weighted by molar-refractivity contribution is -0.196. The maximum Gasteiger partial charge on any atom is 0.144 e. The van der Waals surface area contributed by atoms with Crippen LogP contribution in [0.15, 0.2) is 0 Å². The fourth-order valence-electron chi connectivity index (χ4n) is 4.76. The van der Waals surface area contributed by atoms with Crippen molar-refractivity contribution in [1.82, 2.24) is 0 Å². The van der Waals surface area contributed by atoms with Crippen molar-refractivity contribution in [3.63, 3.8) is 0 Å². The zero-order valence-electron chi connectivity index (χ0n) is 17.1. The molecule has 2 fully saturated rings. The molecule has 8 heteroatoms. The first-order valence-corrected chi connectivity index (χ1v) is 9.37. The summed E-state index contributed by atoms with van der Waals surface area (Å²) in [6.45, 7) is 0. The molecule has 0 saturated heterocycles. The van der Waals surface area contributed by atoms with Crippen molar-refractivity contribution in [1.29, 1.82) is 0 Å². The minimum Gasteiger partial charge on any atom is -0.390 e. The Labute approximate surface area is 161 Å². The Morgan fingerprint density at radius 1 is 0.667 bits per heavy atom. The number of Topliss-reactive ketones (excluding diaryl/α,β-unsaturated/α-hetero) is 1. The molecule has 8 nitrogen and oxygen atoms in total. The second-order valence-electron chi connectivity index (χ2n) is 7.27. The van der Waals surface area contributed by atoms with E-state index < -0.39 is 30.3 Å². The molecule has 0 bridgehead atoms. The van der Waals surface area contributed by atoms with Gasteiger partial charge in [-0.1, -0.05) is 0 Å². The summed E-state index contributed by atoms with van der Waals surface area (Å²) >= 11 is 0. The van der Waals surface area contributed by atoms with Crippen LogP contribution in [-0.2, 0) is 33.2 Å². The summed E-state index contributed by atoms with van der Waals surface area (Å²) in [4.78, 5) is 13.4. The summed E-state index contributed by atoms with van der Waals surface area (Å²) < 4.78 is 33.2. The summed E-state index contributed by atoms with van der Waals surface area (Å²) in [5.74, 6) is -1.06. The molecular formula is C19H34O8. The first-order chi connectivity index (χ1) is 13.0. The fraction of sp³-hybridized carbons (Fsp3) is 0.947.